The maximum atomic E-state index is 13.9. The fraction of sp³-hybridized carbons (Fsp3) is 0.538. The summed E-state index contributed by atoms with van der Waals surface area (Å²) in [6.07, 6.45) is 1.07. The van der Waals surface area contributed by atoms with Crippen LogP contribution in [0, 0.1) is 11.6 Å². The molecule has 1 atom stereocenters. The smallest absolute Gasteiger partial charge is 0.154 e. The molecule has 108 valence electrons. The number of nitrogens with one attached hydrogen (secondary N) is 1. The number of sulfone groups is 1. The van der Waals surface area contributed by atoms with Gasteiger partial charge in [0.1, 0.15) is 11.6 Å². The Morgan fingerprint density at radius 1 is 1.26 bits per heavy atom. The molecule has 0 aromatic heterocycles. The molecule has 19 heavy (non-hydrogen) atoms. The van der Waals surface area contributed by atoms with Crippen LogP contribution in [0.3, 0.4) is 0 Å². The predicted molar refractivity (Wildman–Crippen MR) is 71.7 cm³/mol. The Hall–Kier alpha value is -1.01. The molecule has 0 amide bonds. The zero-order valence-electron chi connectivity index (χ0n) is 11.5. The van der Waals surface area contributed by atoms with E-state index in [1.54, 1.807) is 6.92 Å². The lowest BCUT2D eigenvalue weighted by Gasteiger charge is -2.34. The van der Waals surface area contributed by atoms with E-state index in [-0.39, 0.29) is 5.56 Å². The summed E-state index contributed by atoms with van der Waals surface area (Å²) in [4.78, 5) is 0. The number of hydrogen-bond acceptors (Lipinski definition) is 3. The van der Waals surface area contributed by atoms with Crippen molar-refractivity contribution in [2.75, 3.05) is 12.8 Å². The lowest BCUT2D eigenvalue weighted by molar-refractivity contribution is 0.397. The Kier molecular flexibility index (Phi) is 4.68. The van der Waals surface area contributed by atoms with Crippen LogP contribution in [-0.2, 0) is 9.84 Å². The molecule has 0 heterocycles. The van der Waals surface area contributed by atoms with Crippen LogP contribution in [0.25, 0.3) is 0 Å². The summed E-state index contributed by atoms with van der Waals surface area (Å²) in [6.45, 7) is 5.07. The third-order valence-corrected chi connectivity index (χ3v) is 5.49. The van der Waals surface area contributed by atoms with E-state index in [9.17, 15) is 17.2 Å². The summed E-state index contributed by atoms with van der Waals surface area (Å²) in [5, 5.41) is 2.87. The van der Waals surface area contributed by atoms with Gasteiger partial charge in [-0.2, -0.15) is 0 Å². The first-order valence-electron chi connectivity index (χ1n) is 5.99. The average molecular weight is 291 g/mol. The fourth-order valence-electron chi connectivity index (χ4n) is 1.90. The van der Waals surface area contributed by atoms with Crippen LogP contribution in [0.4, 0.5) is 8.78 Å². The maximum Gasteiger partial charge on any atom is 0.154 e. The van der Waals surface area contributed by atoms with Crippen LogP contribution in [0.2, 0.25) is 0 Å². The topological polar surface area (TPSA) is 46.2 Å². The van der Waals surface area contributed by atoms with Gasteiger partial charge < -0.3 is 5.32 Å². The van der Waals surface area contributed by atoms with Gasteiger partial charge in [-0.25, -0.2) is 17.2 Å². The molecule has 6 heteroatoms. The van der Waals surface area contributed by atoms with Gasteiger partial charge in [-0.05, 0) is 32.5 Å². The highest BCUT2D eigenvalue weighted by Crippen LogP contribution is 2.34. The van der Waals surface area contributed by atoms with Gasteiger partial charge in [-0.1, -0.05) is 13.0 Å². The van der Waals surface area contributed by atoms with Crippen molar-refractivity contribution in [2.45, 2.75) is 31.6 Å². The first-order chi connectivity index (χ1) is 8.63. The van der Waals surface area contributed by atoms with Gasteiger partial charge in [-0.3, -0.25) is 0 Å². The number of benzene rings is 1. The van der Waals surface area contributed by atoms with Gasteiger partial charge in [0.05, 0.1) is 10.8 Å². The van der Waals surface area contributed by atoms with Crippen molar-refractivity contribution in [3.63, 3.8) is 0 Å². The van der Waals surface area contributed by atoms with Gasteiger partial charge >= 0.3 is 0 Å². The largest absolute Gasteiger partial charge is 0.309 e. The Balaban J connectivity index is 3.45. The molecule has 0 spiro atoms. The summed E-state index contributed by atoms with van der Waals surface area (Å²) in [5.41, 5.74) is -0.236. The molecular weight excluding hydrogens is 272 g/mol. The van der Waals surface area contributed by atoms with E-state index in [1.807, 2.05) is 0 Å². The highest BCUT2D eigenvalue weighted by Gasteiger charge is 2.41. The van der Waals surface area contributed by atoms with E-state index < -0.39 is 32.3 Å². The molecule has 1 unspecified atom stereocenters. The van der Waals surface area contributed by atoms with E-state index >= 15 is 0 Å². The second kappa shape index (κ2) is 5.54. The van der Waals surface area contributed by atoms with Gasteiger partial charge in [0.15, 0.2) is 9.84 Å². The highest BCUT2D eigenvalue weighted by molar-refractivity contribution is 7.92. The zero-order chi connectivity index (χ0) is 14.8. The van der Waals surface area contributed by atoms with Crippen LogP contribution in [0.15, 0.2) is 18.2 Å². The monoisotopic (exact) mass is 291 g/mol. The van der Waals surface area contributed by atoms with Crippen molar-refractivity contribution in [1.82, 2.24) is 5.32 Å². The molecule has 0 aliphatic rings. The van der Waals surface area contributed by atoms with Crippen LogP contribution < -0.4 is 5.32 Å². The molecule has 3 nitrogen and oxygen atoms in total. The molecule has 0 fully saturated rings. The minimum Gasteiger partial charge on any atom is -0.309 e. The van der Waals surface area contributed by atoms with Crippen molar-refractivity contribution in [3.05, 3.63) is 35.4 Å². The zero-order valence-corrected chi connectivity index (χ0v) is 12.3. The first-order valence-corrected chi connectivity index (χ1v) is 7.89. The number of rotatable bonds is 5. The van der Waals surface area contributed by atoms with Gasteiger partial charge in [-0.15, -0.1) is 0 Å². The summed E-state index contributed by atoms with van der Waals surface area (Å²) < 4.78 is 50.2. The minimum atomic E-state index is -3.50. The third kappa shape index (κ3) is 3.12. The predicted octanol–water partition coefficient (Wildman–Crippen LogP) is 2.44. The molecule has 0 bridgehead atoms. The van der Waals surface area contributed by atoms with Gasteiger partial charge in [0.25, 0.3) is 0 Å². The van der Waals surface area contributed by atoms with Crippen molar-refractivity contribution < 1.29 is 17.2 Å². The second-order valence-corrected chi connectivity index (χ2v) is 7.60. The molecule has 0 radical (unpaired) electrons. The van der Waals surface area contributed by atoms with E-state index in [0.29, 0.717) is 6.54 Å². The van der Waals surface area contributed by atoms with Crippen LogP contribution in [-0.4, -0.2) is 26.0 Å². The molecule has 0 saturated carbocycles. The summed E-state index contributed by atoms with van der Waals surface area (Å²) in [7, 11) is -3.50. The minimum absolute atomic E-state index is 0.236. The highest BCUT2D eigenvalue weighted by atomic mass is 32.2. The van der Waals surface area contributed by atoms with Gasteiger partial charge in [0.2, 0.25) is 0 Å². The maximum absolute atomic E-state index is 13.9. The normalized spacial score (nSPS) is 14.4. The van der Waals surface area contributed by atoms with Crippen molar-refractivity contribution in [1.29, 1.82) is 0 Å². The number of hydrogen-bond donors (Lipinski definition) is 1. The Morgan fingerprint density at radius 2 is 1.74 bits per heavy atom. The van der Waals surface area contributed by atoms with Crippen LogP contribution in [0.1, 0.15) is 32.4 Å². The molecule has 1 rings (SSSR count). The van der Waals surface area contributed by atoms with Crippen LogP contribution >= 0.6 is 0 Å². The summed E-state index contributed by atoms with van der Waals surface area (Å²) in [5.74, 6) is -1.50. The van der Waals surface area contributed by atoms with Crippen molar-refractivity contribution >= 4 is 9.84 Å². The van der Waals surface area contributed by atoms with Crippen LogP contribution in [0.5, 0.6) is 0 Å². The molecule has 0 saturated heterocycles. The van der Waals surface area contributed by atoms with Crippen molar-refractivity contribution in [3.8, 4) is 0 Å². The Bertz CT molecular complexity index is 536. The molecule has 0 aliphatic carbocycles. The van der Waals surface area contributed by atoms with E-state index in [0.717, 1.165) is 18.4 Å². The van der Waals surface area contributed by atoms with Crippen molar-refractivity contribution in [2.24, 2.45) is 0 Å². The molecule has 1 aromatic carbocycles. The SMILES string of the molecule is CCNC(c1c(F)cccc1F)C(C)(C)S(C)(=O)=O. The standard InChI is InChI=1S/C13H19F2NO2S/c1-5-16-12(13(2,3)19(4,17)18)11-9(14)7-6-8-10(11)15/h6-8,12,16H,5H2,1-4H3. The summed E-state index contributed by atoms with van der Waals surface area (Å²) >= 11 is 0. The molecule has 1 N–H and O–H groups in total. The van der Waals surface area contributed by atoms with E-state index in [1.165, 1.54) is 19.9 Å². The quantitative estimate of drug-likeness (QED) is 0.906. The molecule has 0 aliphatic heterocycles. The number of halogens is 2. The fourth-order valence-corrected chi connectivity index (χ4v) is 2.53. The van der Waals surface area contributed by atoms with E-state index in [4.69, 9.17) is 0 Å². The van der Waals surface area contributed by atoms with Gasteiger partial charge in [0, 0.05) is 11.8 Å². The average Bonchev–Trinajstić information content (AvgIpc) is 2.25. The molecule has 1 aromatic rings. The lowest BCUT2D eigenvalue weighted by atomic mass is 9.94. The lowest BCUT2D eigenvalue weighted by Crippen LogP contribution is -2.45. The Morgan fingerprint density at radius 3 is 2.11 bits per heavy atom. The second-order valence-electron chi connectivity index (χ2n) is 5.00. The summed E-state index contributed by atoms with van der Waals surface area (Å²) in [6, 6.07) is 2.56. The first kappa shape index (κ1) is 16.0. The molecular formula is C13H19F2NO2S. The third-order valence-electron chi connectivity index (χ3n) is 3.35. The van der Waals surface area contributed by atoms with E-state index in [2.05, 4.69) is 5.32 Å². The Labute approximate surface area is 112 Å².